The molecule has 1 amide bonds. The normalized spacial score (nSPS) is 10.2. The van der Waals surface area contributed by atoms with E-state index >= 15 is 0 Å². The maximum Gasteiger partial charge on any atom is 0.257 e. The molecule has 0 saturated heterocycles. The van der Waals surface area contributed by atoms with E-state index in [1.54, 1.807) is 48.5 Å². The number of pyridine rings is 1. The van der Waals surface area contributed by atoms with Gasteiger partial charge in [-0.2, -0.15) is 0 Å². The molecule has 0 aliphatic heterocycles. The zero-order valence-corrected chi connectivity index (χ0v) is 14.2. The Hall–Kier alpha value is -3.41. The Morgan fingerprint density at radius 3 is 2.31 bits per heavy atom. The lowest BCUT2D eigenvalue weighted by atomic mass is 10.2. The van der Waals surface area contributed by atoms with E-state index in [0.717, 1.165) is 5.75 Å². The van der Waals surface area contributed by atoms with Gasteiger partial charge >= 0.3 is 0 Å². The molecule has 3 rings (SSSR count). The standard InChI is InChI=1S/C20H18FN3O2/c1-2-26-18-10-8-17(9-11-18)24-20(25)14-3-12-19(22-13-14)23-16-6-4-15(21)5-7-16/h3-13H,2H2,1H3,(H,22,23)(H,24,25). The maximum absolute atomic E-state index is 12.9. The Balaban J connectivity index is 1.62. The molecule has 5 nitrogen and oxygen atoms in total. The van der Waals surface area contributed by atoms with Gasteiger partial charge in [-0.15, -0.1) is 0 Å². The van der Waals surface area contributed by atoms with Gasteiger partial charge in [-0.1, -0.05) is 0 Å². The van der Waals surface area contributed by atoms with E-state index in [-0.39, 0.29) is 11.7 Å². The second kappa shape index (κ2) is 8.11. The number of rotatable bonds is 6. The number of benzene rings is 2. The molecule has 132 valence electrons. The van der Waals surface area contributed by atoms with Gasteiger partial charge in [0.05, 0.1) is 12.2 Å². The summed E-state index contributed by atoms with van der Waals surface area (Å²) >= 11 is 0. The first-order valence-electron chi connectivity index (χ1n) is 8.17. The number of nitrogens with one attached hydrogen (secondary N) is 2. The third kappa shape index (κ3) is 4.57. The van der Waals surface area contributed by atoms with Crippen LogP contribution in [0.2, 0.25) is 0 Å². The smallest absolute Gasteiger partial charge is 0.257 e. The summed E-state index contributed by atoms with van der Waals surface area (Å²) < 4.78 is 18.3. The summed E-state index contributed by atoms with van der Waals surface area (Å²) in [7, 11) is 0. The molecule has 0 unspecified atom stereocenters. The summed E-state index contributed by atoms with van der Waals surface area (Å²) in [6.45, 7) is 2.51. The van der Waals surface area contributed by atoms with Crippen LogP contribution in [0, 0.1) is 5.82 Å². The molecule has 3 aromatic rings. The van der Waals surface area contributed by atoms with Crippen LogP contribution >= 0.6 is 0 Å². The van der Waals surface area contributed by atoms with Gasteiger partial charge in [0.25, 0.3) is 5.91 Å². The van der Waals surface area contributed by atoms with Crippen LogP contribution < -0.4 is 15.4 Å². The third-order valence-corrected chi connectivity index (χ3v) is 3.57. The summed E-state index contributed by atoms with van der Waals surface area (Å²) in [6, 6.07) is 16.5. The van der Waals surface area contributed by atoms with E-state index in [9.17, 15) is 9.18 Å². The number of carbonyl (C=O) groups is 1. The maximum atomic E-state index is 12.9. The van der Waals surface area contributed by atoms with Crippen molar-refractivity contribution in [1.82, 2.24) is 4.98 Å². The summed E-state index contributed by atoms with van der Waals surface area (Å²) in [5.74, 6) is 0.762. The van der Waals surface area contributed by atoms with Crippen molar-refractivity contribution in [2.45, 2.75) is 6.92 Å². The number of hydrogen-bond donors (Lipinski definition) is 2. The highest BCUT2D eigenvalue weighted by atomic mass is 19.1. The lowest BCUT2D eigenvalue weighted by molar-refractivity contribution is 0.102. The number of anilines is 3. The van der Waals surface area contributed by atoms with Crippen LogP contribution in [0.15, 0.2) is 66.9 Å². The van der Waals surface area contributed by atoms with Crippen molar-refractivity contribution < 1.29 is 13.9 Å². The van der Waals surface area contributed by atoms with Crippen LogP contribution in [0.25, 0.3) is 0 Å². The van der Waals surface area contributed by atoms with Crippen LogP contribution in [0.1, 0.15) is 17.3 Å². The zero-order chi connectivity index (χ0) is 18.4. The van der Waals surface area contributed by atoms with Crippen molar-refractivity contribution in [2.24, 2.45) is 0 Å². The quantitative estimate of drug-likeness (QED) is 0.680. The fourth-order valence-corrected chi connectivity index (χ4v) is 2.29. The van der Waals surface area contributed by atoms with Gasteiger partial charge in [0.15, 0.2) is 0 Å². The summed E-state index contributed by atoms with van der Waals surface area (Å²) in [6.07, 6.45) is 1.48. The Labute approximate surface area is 150 Å². The number of carbonyl (C=O) groups excluding carboxylic acids is 1. The van der Waals surface area contributed by atoms with Gasteiger partial charge in [0.2, 0.25) is 0 Å². The van der Waals surface area contributed by atoms with E-state index in [1.165, 1.54) is 18.3 Å². The molecule has 0 spiro atoms. The first-order valence-corrected chi connectivity index (χ1v) is 8.17. The molecule has 0 fully saturated rings. The Morgan fingerprint density at radius 1 is 1.00 bits per heavy atom. The van der Waals surface area contributed by atoms with Crippen LogP contribution in [0.4, 0.5) is 21.6 Å². The largest absolute Gasteiger partial charge is 0.494 e. The number of nitrogens with zero attached hydrogens (tertiary/aromatic N) is 1. The van der Waals surface area contributed by atoms with Crippen LogP contribution in [0.3, 0.4) is 0 Å². The molecule has 26 heavy (non-hydrogen) atoms. The van der Waals surface area contributed by atoms with Gasteiger partial charge in [-0.3, -0.25) is 4.79 Å². The summed E-state index contributed by atoms with van der Waals surface area (Å²) in [5.41, 5.74) is 1.82. The van der Waals surface area contributed by atoms with Gasteiger partial charge in [0.1, 0.15) is 17.4 Å². The van der Waals surface area contributed by atoms with Crippen molar-refractivity contribution in [3.8, 4) is 5.75 Å². The molecular formula is C20H18FN3O2. The molecule has 6 heteroatoms. The van der Waals surface area contributed by atoms with Crippen LogP contribution in [-0.2, 0) is 0 Å². The molecular weight excluding hydrogens is 333 g/mol. The highest BCUT2D eigenvalue weighted by Crippen LogP contribution is 2.18. The molecule has 2 N–H and O–H groups in total. The van der Waals surface area contributed by atoms with Crippen LogP contribution in [0.5, 0.6) is 5.75 Å². The number of ether oxygens (including phenoxy) is 1. The topological polar surface area (TPSA) is 63.2 Å². The van der Waals surface area contributed by atoms with Gasteiger partial charge < -0.3 is 15.4 Å². The molecule has 2 aromatic carbocycles. The minimum absolute atomic E-state index is 0.255. The highest BCUT2D eigenvalue weighted by Gasteiger charge is 2.07. The molecule has 0 aliphatic carbocycles. The first kappa shape index (κ1) is 17.4. The molecule has 0 aliphatic rings. The second-order valence-electron chi connectivity index (χ2n) is 5.48. The second-order valence-corrected chi connectivity index (χ2v) is 5.48. The Morgan fingerprint density at radius 2 is 1.69 bits per heavy atom. The average molecular weight is 351 g/mol. The monoisotopic (exact) mass is 351 g/mol. The van der Waals surface area contributed by atoms with E-state index in [1.807, 2.05) is 6.92 Å². The fraction of sp³-hybridized carbons (Fsp3) is 0.100. The van der Waals surface area contributed by atoms with E-state index < -0.39 is 0 Å². The minimum Gasteiger partial charge on any atom is -0.494 e. The van der Waals surface area contributed by atoms with Gasteiger partial charge in [-0.25, -0.2) is 9.37 Å². The lowest BCUT2D eigenvalue weighted by Gasteiger charge is -2.08. The molecule has 0 saturated carbocycles. The number of halogens is 1. The van der Waals surface area contributed by atoms with E-state index in [4.69, 9.17) is 4.74 Å². The zero-order valence-electron chi connectivity index (χ0n) is 14.2. The fourth-order valence-electron chi connectivity index (χ4n) is 2.29. The molecule has 0 bridgehead atoms. The first-order chi connectivity index (χ1) is 12.6. The van der Waals surface area contributed by atoms with Crippen molar-refractivity contribution in [2.75, 3.05) is 17.2 Å². The Kier molecular flexibility index (Phi) is 5.43. The average Bonchev–Trinajstić information content (AvgIpc) is 2.66. The number of amides is 1. The number of aromatic nitrogens is 1. The minimum atomic E-state index is -0.301. The molecule has 0 radical (unpaired) electrons. The van der Waals surface area contributed by atoms with Crippen molar-refractivity contribution in [3.63, 3.8) is 0 Å². The molecule has 1 aromatic heterocycles. The predicted octanol–water partition coefficient (Wildman–Crippen LogP) is 4.62. The molecule has 0 atom stereocenters. The van der Waals surface area contributed by atoms with Crippen molar-refractivity contribution in [1.29, 1.82) is 0 Å². The lowest BCUT2D eigenvalue weighted by Crippen LogP contribution is -2.12. The van der Waals surface area contributed by atoms with E-state index in [0.29, 0.717) is 29.4 Å². The summed E-state index contributed by atoms with van der Waals surface area (Å²) in [5, 5.41) is 5.85. The van der Waals surface area contributed by atoms with Crippen molar-refractivity contribution >= 4 is 23.1 Å². The number of hydrogen-bond acceptors (Lipinski definition) is 4. The van der Waals surface area contributed by atoms with Crippen LogP contribution in [-0.4, -0.2) is 17.5 Å². The van der Waals surface area contributed by atoms with Gasteiger partial charge in [0, 0.05) is 17.6 Å². The van der Waals surface area contributed by atoms with E-state index in [2.05, 4.69) is 15.6 Å². The van der Waals surface area contributed by atoms with Gasteiger partial charge in [-0.05, 0) is 67.6 Å². The van der Waals surface area contributed by atoms with Crippen molar-refractivity contribution in [3.05, 3.63) is 78.2 Å². The predicted molar refractivity (Wildman–Crippen MR) is 99.5 cm³/mol. The molecule has 1 heterocycles. The SMILES string of the molecule is CCOc1ccc(NC(=O)c2ccc(Nc3ccc(F)cc3)nc2)cc1. The summed E-state index contributed by atoms with van der Waals surface area (Å²) in [4.78, 5) is 16.5. The highest BCUT2D eigenvalue weighted by molar-refractivity contribution is 6.04. The third-order valence-electron chi connectivity index (χ3n) is 3.57. The Bertz CT molecular complexity index is 863.